The number of aromatic nitrogens is 3. The Hall–Kier alpha value is -0.910. The highest BCUT2D eigenvalue weighted by Crippen LogP contribution is 2.54. The van der Waals surface area contributed by atoms with Crippen LogP contribution in [0, 0.1) is 5.92 Å². The number of nitrogens with zero attached hydrogens (tertiary/aromatic N) is 3. The van der Waals surface area contributed by atoms with Gasteiger partial charge in [-0.1, -0.05) is 11.8 Å². The highest BCUT2D eigenvalue weighted by molar-refractivity contribution is 7.99. The number of rotatable bonds is 6. The molecule has 1 saturated carbocycles. The van der Waals surface area contributed by atoms with E-state index in [2.05, 4.69) is 28.6 Å². The van der Waals surface area contributed by atoms with Gasteiger partial charge in [0, 0.05) is 23.3 Å². The number of alkyl halides is 2. The van der Waals surface area contributed by atoms with E-state index in [-0.39, 0.29) is 6.04 Å². The molecular weight excluding hydrogens is 353 g/mol. The lowest BCUT2D eigenvalue weighted by molar-refractivity contribution is 0.415. The molecule has 3 rings (SSSR count). The molecule has 4 nitrogen and oxygen atoms in total. The maximum atomic E-state index is 6.10. The van der Waals surface area contributed by atoms with Crippen molar-refractivity contribution in [1.29, 1.82) is 0 Å². The average Bonchev–Trinajstić information content (AvgIpc) is 2.95. The van der Waals surface area contributed by atoms with E-state index in [1.54, 1.807) is 18.9 Å². The molecule has 2 aromatic rings. The first kappa shape index (κ1) is 16.9. The second-order valence-electron chi connectivity index (χ2n) is 5.97. The topological polar surface area (TPSA) is 39.9 Å². The standard InChI is InChI=1S/C16H19Cl2N3OS/c1-10(2)21-14(11-4-6-13(22-3)7-5-11)19-20-15(21)23-9-12-8-16(12,17)18/h4-7,10,12H,8-9H2,1-3H3/t12-/m0/s1. The summed E-state index contributed by atoms with van der Waals surface area (Å²) >= 11 is 13.9. The minimum atomic E-state index is -0.547. The Kier molecular flexibility index (Phi) is 4.81. The van der Waals surface area contributed by atoms with E-state index in [0.717, 1.165) is 34.5 Å². The van der Waals surface area contributed by atoms with Gasteiger partial charge in [-0.05, 0) is 44.5 Å². The van der Waals surface area contributed by atoms with Gasteiger partial charge >= 0.3 is 0 Å². The smallest absolute Gasteiger partial charge is 0.191 e. The summed E-state index contributed by atoms with van der Waals surface area (Å²) in [6.45, 7) is 4.26. The highest BCUT2D eigenvalue weighted by Gasteiger charge is 2.51. The van der Waals surface area contributed by atoms with Gasteiger partial charge in [0.15, 0.2) is 11.0 Å². The maximum Gasteiger partial charge on any atom is 0.191 e. The molecule has 1 aliphatic rings. The highest BCUT2D eigenvalue weighted by atomic mass is 35.5. The van der Waals surface area contributed by atoms with Crippen LogP contribution in [-0.4, -0.2) is 32.0 Å². The van der Waals surface area contributed by atoms with Crippen LogP contribution in [0.2, 0.25) is 0 Å². The summed E-state index contributed by atoms with van der Waals surface area (Å²) in [6, 6.07) is 8.13. The van der Waals surface area contributed by atoms with E-state index in [1.807, 2.05) is 24.3 Å². The van der Waals surface area contributed by atoms with Crippen molar-refractivity contribution in [3.63, 3.8) is 0 Å². The molecule has 1 fully saturated rings. The van der Waals surface area contributed by atoms with E-state index >= 15 is 0 Å². The van der Waals surface area contributed by atoms with Crippen molar-refractivity contribution in [3.05, 3.63) is 24.3 Å². The maximum absolute atomic E-state index is 6.10. The Morgan fingerprint density at radius 1 is 1.30 bits per heavy atom. The lowest BCUT2D eigenvalue weighted by atomic mass is 10.2. The van der Waals surface area contributed by atoms with Crippen LogP contribution in [-0.2, 0) is 0 Å². The fourth-order valence-corrected chi connectivity index (χ4v) is 4.40. The molecular formula is C16H19Cl2N3OS. The molecule has 1 aromatic carbocycles. The van der Waals surface area contributed by atoms with Crippen LogP contribution in [0.15, 0.2) is 29.4 Å². The van der Waals surface area contributed by atoms with Gasteiger partial charge in [0.2, 0.25) is 0 Å². The molecule has 0 amide bonds. The van der Waals surface area contributed by atoms with Crippen molar-refractivity contribution < 1.29 is 4.74 Å². The Labute approximate surface area is 150 Å². The Balaban J connectivity index is 1.82. The van der Waals surface area contributed by atoms with Crippen molar-refractivity contribution in [2.45, 2.75) is 35.8 Å². The first-order valence-corrected chi connectivity index (χ1v) is 9.26. The molecule has 23 heavy (non-hydrogen) atoms. The lowest BCUT2D eigenvalue weighted by Crippen LogP contribution is -2.06. The molecule has 1 heterocycles. The van der Waals surface area contributed by atoms with Crippen molar-refractivity contribution >= 4 is 35.0 Å². The van der Waals surface area contributed by atoms with E-state index < -0.39 is 4.33 Å². The number of hydrogen-bond acceptors (Lipinski definition) is 4. The van der Waals surface area contributed by atoms with Gasteiger partial charge in [-0.25, -0.2) is 0 Å². The van der Waals surface area contributed by atoms with Gasteiger partial charge < -0.3 is 4.74 Å². The zero-order chi connectivity index (χ0) is 16.6. The molecule has 0 unspecified atom stereocenters. The quantitative estimate of drug-likeness (QED) is 0.538. The summed E-state index contributed by atoms with van der Waals surface area (Å²) in [5.74, 6) is 2.88. The molecule has 0 aliphatic heterocycles. The van der Waals surface area contributed by atoms with Gasteiger partial charge in [0.25, 0.3) is 0 Å². The van der Waals surface area contributed by atoms with Gasteiger partial charge in [0.05, 0.1) is 7.11 Å². The Bertz CT molecular complexity index is 685. The largest absolute Gasteiger partial charge is 0.497 e. The Morgan fingerprint density at radius 2 is 1.96 bits per heavy atom. The zero-order valence-electron chi connectivity index (χ0n) is 13.3. The fraction of sp³-hybridized carbons (Fsp3) is 0.500. The third kappa shape index (κ3) is 3.62. The number of ether oxygens (including phenoxy) is 1. The minimum absolute atomic E-state index is 0.264. The monoisotopic (exact) mass is 371 g/mol. The number of halogens is 2. The van der Waals surface area contributed by atoms with Gasteiger partial charge in [-0.2, -0.15) is 0 Å². The van der Waals surface area contributed by atoms with Crippen LogP contribution in [0.3, 0.4) is 0 Å². The van der Waals surface area contributed by atoms with Gasteiger partial charge in [-0.3, -0.25) is 4.57 Å². The molecule has 124 valence electrons. The van der Waals surface area contributed by atoms with Gasteiger partial charge in [0.1, 0.15) is 10.1 Å². The van der Waals surface area contributed by atoms with E-state index in [9.17, 15) is 0 Å². The van der Waals surface area contributed by atoms with Crippen molar-refractivity contribution in [3.8, 4) is 17.1 Å². The summed E-state index contributed by atoms with van der Waals surface area (Å²) in [5, 5.41) is 9.65. The molecule has 0 N–H and O–H groups in total. The molecule has 0 saturated heterocycles. The fourth-order valence-electron chi connectivity index (χ4n) is 2.40. The summed E-state index contributed by atoms with van der Waals surface area (Å²) < 4.78 is 6.81. The van der Waals surface area contributed by atoms with Crippen LogP contribution in [0.4, 0.5) is 0 Å². The lowest BCUT2D eigenvalue weighted by Gasteiger charge is -2.14. The molecule has 0 radical (unpaired) electrons. The second-order valence-corrected chi connectivity index (χ2v) is 8.50. The summed E-state index contributed by atoms with van der Waals surface area (Å²) in [6.07, 6.45) is 0.851. The molecule has 0 bridgehead atoms. The predicted octanol–water partition coefficient (Wildman–Crippen LogP) is 4.82. The number of thioether (sulfide) groups is 1. The van der Waals surface area contributed by atoms with Crippen LogP contribution < -0.4 is 4.74 Å². The van der Waals surface area contributed by atoms with Crippen molar-refractivity contribution in [2.24, 2.45) is 5.92 Å². The van der Waals surface area contributed by atoms with Crippen LogP contribution in [0.1, 0.15) is 26.3 Å². The predicted molar refractivity (Wildman–Crippen MR) is 95.7 cm³/mol. The second kappa shape index (κ2) is 6.54. The SMILES string of the molecule is COc1ccc(-c2nnc(SC[C@@H]3CC3(Cl)Cl)n2C(C)C)cc1. The van der Waals surface area contributed by atoms with Gasteiger partial charge in [-0.15, -0.1) is 33.4 Å². The van der Waals surface area contributed by atoms with Crippen molar-refractivity contribution in [1.82, 2.24) is 14.8 Å². The number of methoxy groups -OCH3 is 1. The molecule has 1 atom stereocenters. The van der Waals surface area contributed by atoms with E-state index in [0.29, 0.717) is 5.92 Å². The Morgan fingerprint density at radius 3 is 2.48 bits per heavy atom. The third-order valence-corrected chi connectivity index (χ3v) is 5.93. The first-order chi connectivity index (χ1) is 10.9. The summed E-state index contributed by atoms with van der Waals surface area (Å²) in [5.41, 5.74) is 1.02. The normalized spacial score (nSPS) is 19.1. The summed E-state index contributed by atoms with van der Waals surface area (Å²) in [4.78, 5) is 0. The van der Waals surface area contributed by atoms with E-state index in [1.165, 1.54) is 0 Å². The molecule has 1 aliphatic carbocycles. The van der Waals surface area contributed by atoms with Crippen molar-refractivity contribution in [2.75, 3.05) is 12.9 Å². The number of hydrogen-bond donors (Lipinski definition) is 0. The minimum Gasteiger partial charge on any atom is -0.497 e. The van der Waals surface area contributed by atoms with Crippen LogP contribution >= 0.6 is 35.0 Å². The molecule has 1 aromatic heterocycles. The first-order valence-electron chi connectivity index (χ1n) is 7.52. The molecule has 7 heteroatoms. The number of benzene rings is 1. The molecule has 0 spiro atoms. The third-order valence-electron chi connectivity index (χ3n) is 3.90. The van der Waals surface area contributed by atoms with Crippen LogP contribution in [0.5, 0.6) is 5.75 Å². The average molecular weight is 372 g/mol. The van der Waals surface area contributed by atoms with E-state index in [4.69, 9.17) is 27.9 Å². The summed E-state index contributed by atoms with van der Waals surface area (Å²) in [7, 11) is 1.66. The van der Waals surface area contributed by atoms with Crippen LogP contribution in [0.25, 0.3) is 11.4 Å². The zero-order valence-corrected chi connectivity index (χ0v) is 15.6.